The first-order chi connectivity index (χ1) is 9.88. The molecular weight excluding hydrogens is 292 g/mol. The summed E-state index contributed by atoms with van der Waals surface area (Å²) in [5, 5.41) is 11.5. The Morgan fingerprint density at radius 2 is 1.90 bits per heavy atom. The fourth-order valence-electron chi connectivity index (χ4n) is 1.85. The van der Waals surface area contributed by atoms with Crippen LogP contribution >= 0.6 is 11.8 Å². The van der Waals surface area contributed by atoms with Crippen LogP contribution in [0.4, 0.5) is 17.3 Å². The van der Waals surface area contributed by atoms with Gasteiger partial charge in [-0.1, -0.05) is 11.8 Å². The molecule has 2 aromatic heterocycles. The van der Waals surface area contributed by atoms with Gasteiger partial charge in [-0.15, -0.1) is 0 Å². The maximum absolute atomic E-state index is 11.1. The van der Waals surface area contributed by atoms with Gasteiger partial charge >= 0.3 is 0 Å². The summed E-state index contributed by atoms with van der Waals surface area (Å²) in [4.78, 5) is 23.0. The number of hydrogen-bond acceptors (Lipinski definition) is 8. The minimum atomic E-state index is -0.393. The summed E-state index contributed by atoms with van der Waals surface area (Å²) in [5.74, 6) is 0.963. The van der Waals surface area contributed by atoms with Crippen molar-refractivity contribution in [1.82, 2.24) is 15.0 Å². The molecule has 0 aromatic carbocycles. The third kappa shape index (κ3) is 3.37. The summed E-state index contributed by atoms with van der Waals surface area (Å²) < 4.78 is 0. The third-order valence-electron chi connectivity index (χ3n) is 2.84. The lowest BCUT2D eigenvalue weighted by atomic mass is 10.1. The van der Waals surface area contributed by atoms with Gasteiger partial charge in [0, 0.05) is 29.1 Å². The van der Waals surface area contributed by atoms with Gasteiger partial charge in [-0.25, -0.2) is 9.97 Å². The lowest BCUT2D eigenvalue weighted by Gasteiger charge is -2.07. The number of nitrogens with two attached hydrogens (primary N) is 2. The molecule has 4 N–H and O–H groups in total. The molecule has 0 fully saturated rings. The predicted molar refractivity (Wildman–Crippen MR) is 80.8 cm³/mol. The van der Waals surface area contributed by atoms with Crippen molar-refractivity contribution < 1.29 is 4.92 Å². The second kappa shape index (κ2) is 5.92. The van der Waals surface area contributed by atoms with E-state index in [0.717, 1.165) is 0 Å². The number of anilines is 2. The standard InChI is InChI=1S/C12H14N6O2S/c1-6-4-15-8(7(2)11(6)18(19)20)5-21-12-16-9(13)3-10(14)17-12/h3-4H,5H2,1-2H3,(H4,13,14,16,17). The first kappa shape index (κ1) is 15.0. The molecule has 2 heterocycles. The lowest BCUT2D eigenvalue weighted by molar-refractivity contribution is -0.386. The van der Waals surface area contributed by atoms with Gasteiger partial charge < -0.3 is 11.5 Å². The number of aromatic nitrogens is 3. The fourth-order valence-corrected chi connectivity index (χ4v) is 2.75. The zero-order valence-corrected chi connectivity index (χ0v) is 12.3. The summed E-state index contributed by atoms with van der Waals surface area (Å²) in [6.07, 6.45) is 1.50. The second-order valence-electron chi connectivity index (χ2n) is 4.41. The number of rotatable bonds is 4. The third-order valence-corrected chi connectivity index (χ3v) is 3.70. The Labute approximate surface area is 125 Å². The van der Waals surface area contributed by atoms with Crippen LogP contribution in [0.3, 0.4) is 0 Å². The quantitative estimate of drug-likeness (QED) is 0.378. The van der Waals surface area contributed by atoms with Crippen molar-refractivity contribution in [3.63, 3.8) is 0 Å². The van der Waals surface area contributed by atoms with Gasteiger partial charge in [-0.3, -0.25) is 15.1 Å². The molecule has 21 heavy (non-hydrogen) atoms. The van der Waals surface area contributed by atoms with Crippen molar-refractivity contribution in [1.29, 1.82) is 0 Å². The summed E-state index contributed by atoms with van der Waals surface area (Å²) in [7, 11) is 0. The van der Waals surface area contributed by atoms with Crippen LogP contribution in [-0.4, -0.2) is 19.9 Å². The molecule has 8 nitrogen and oxygen atoms in total. The number of aryl methyl sites for hydroxylation is 1. The molecule has 0 atom stereocenters. The topological polar surface area (TPSA) is 134 Å². The van der Waals surface area contributed by atoms with Crippen LogP contribution in [0.15, 0.2) is 17.4 Å². The molecule has 2 aromatic rings. The molecule has 0 radical (unpaired) electrons. The Balaban J connectivity index is 2.24. The Morgan fingerprint density at radius 1 is 1.29 bits per heavy atom. The number of nitrogen functional groups attached to an aromatic ring is 2. The largest absolute Gasteiger partial charge is 0.383 e. The number of nitrogens with zero attached hydrogens (tertiary/aromatic N) is 4. The average Bonchev–Trinajstić information content (AvgIpc) is 2.36. The van der Waals surface area contributed by atoms with Crippen LogP contribution < -0.4 is 11.5 Å². The number of thioether (sulfide) groups is 1. The summed E-state index contributed by atoms with van der Waals surface area (Å²) in [5.41, 5.74) is 13.0. The molecule has 0 amide bonds. The zero-order valence-electron chi connectivity index (χ0n) is 11.5. The monoisotopic (exact) mass is 306 g/mol. The van der Waals surface area contributed by atoms with E-state index in [-0.39, 0.29) is 17.3 Å². The minimum absolute atomic E-state index is 0.0913. The van der Waals surface area contributed by atoms with Crippen LogP contribution in [0.5, 0.6) is 0 Å². The van der Waals surface area contributed by atoms with Crippen LogP contribution in [0.2, 0.25) is 0 Å². The van der Waals surface area contributed by atoms with Gasteiger partial charge in [-0.05, 0) is 13.8 Å². The van der Waals surface area contributed by atoms with E-state index in [1.165, 1.54) is 24.0 Å². The van der Waals surface area contributed by atoms with Crippen molar-refractivity contribution in [2.24, 2.45) is 0 Å². The van der Waals surface area contributed by atoms with Gasteiger partial charge in [0.15, 0.2) is 5.16 Å². The Bertz CT molecular complexity index is 686. The molecule has 2 rings (SSSR count). The Hall–Kier alpha value is -2.42. The second-order valence-corrected chi connectivity index (χ2v) is 5.35. The first-order valence-corrected chi connectivity index (χ1v) is 6.99. The normalized spacial score (nSPS) is 10.6. The van der Waals surface area contributed by atoms with Crippen molar-refractivity contribution in [2.75, 3.05) is 11.5 Å². The van der Waals surface area contributed by atoms with Crippen molar-refractivity contribution in [2.45, 2.75) is 24.8 Å². The van der Waals surface area contributed by atoms with E-state index in [2.05, 4.69) is 15.0 Å². The lowest BCUT2D eigenvalue weighted by Crippen LogP contribution is -2.02. The molecule has 0 spiro atoms. The number of hydrogen-bond donors (Lipinski definition) is 2. The highest BCUT2D eigenvalue weighted by atomic mass is 32.2. The highest BCUT2D eigenvalue weighted by Crippen LogP contribution is 2.28. The van der Waals surface area contributed by atoms with Crippen molar-refractivity contribution >= 4 is 29.1 Å². The Kier molecular flexibility index (Phi) is 4.22. The molecule has 0 saturated carbocycles. The molecule has 0 unspecified atom stereocenters. The highest BCUT2D eigenvalue weighted by Gasteiger charge is 2.18. The van der Waals surface area contributed by atoms with E-state index >= 15 is 0 Å². The summed E-state index contributed by atoms with van der Waals surface area (Å²) in [6.45, 7) is 3.35. The average molecular weight is 306 g/mol. The van der Waals surface area contributed by atoms with E-state index < -0.39 is 4.92 Å². The molecule has 110 valence electrons. The molecule has 0 aliphatic carbocycles. The van der Waals surface area contributed by atoms with Gasteiger partial charge in [0.25, 0.3) is 5.69 Å². The molecule has 0 aliphatic heterocycles. The fraction of sp³-hybridized carbons (Fsp3) is 0.250. The van der Waals surface area contributed by atoms with Crippen LogP contribution in [0.25, 0.3) is 0 Å². The van der Waals surface area contributed by atoms with E-state index in [0.29, 0.717) is 27.7 Å². The SMILES string of the molecule is Cc1cnc(CSc2nc(N)cc(N)n2)c(C)c1[N+](=O)[O-]. The van der Waals surface area contributed by atoms with E-state index in [1.54, 1.807) is 13.8 Å². The maximum atomic E-state index is 11.1. The first-order valence-electron chi connectivity index (χ1n) is 6.00. The molecular formula is C12H14N6O2S. The van der Waals surface area contributed by atoms with E-state index in [1.807, 2.05) is 0 Å². The predicted octanol–water partition coefficient (Wildman–Crippen LogP) is 1.85. The van der Waals surface area contributed by atoms with Crippen LogP contribution in [-0.2, 0) is 5.75 Å². The smallest absolute Gasteiger partial charge is 0.278 e. The van der Waals surface area contributed by atoms with Gasteiger partial charge in [0.1, 0.15) is 11.6 Å². The van der Waals surface area contributed by atoms with Crippen LogP contribution in [0, 0.1) is 24.0 Å². The van der Waals surface area contributed by atoms with E-state index in [4.69, 9.17) is 11.5 Å². The summed E-state index contributed by atoms with van der Waals surface area (Å²) >= 11 is 1.27. The van der Waals surface area contributed by atoms with E-state index in [9.17, 15) is 10.1 Å². The molecule has 9 heteroatoms. The van der Waals surface area contributed by atoms with Gasteiger partial charge in [-0.2, -0.15) is 0 Å². The minimum Gasteiger partial charge on any atom is -0.383 e. The van der Waals surface area contributed by atoms with Gasteiger partial charge in [0.2, 0.25) is 0 Å². The Morgan fingerprint density at radius 3 is 2.48 bits per heavy atom. The summed E-state index contributed by atoms with van der Waals surface area (Å²) in [6, 6.07) is 1.46. The van der Waals surface area contributed by atoms with Crippen molar-refractivity contribution in [3.8, 4) is 0 Å². The highest BCUT2D eigenvalue weighted by molar-refractivity contribution is 7.98. The van der Waals surface area contributed by atoms with Gasteiger partial charge in [0.05, 0.1) is 10.6 Å². The number of nitro groups is 1. The van der Waals surface area contributed by atoms with Crippen molar-refractivity contribution in [3.05, 3.63) is 39.2 Å². The zero-order chi connectivity index (χ0) is 15.6. The van der Waals surface area contributed by atoms with Crippen LogP contribution in [0.1, 0.15) is 16.8 Å². The molecule has 0 bridgehead atoms. The molecule has 0 saturated heterocycles. The number of pyridine rings is 1. The molecule has 0 aliphatic rings. The maximum Gasteiger partial charge on any atom is 0.278 e.